The molecule has 17 heavy (non-hydrogen) atoms. The van der Waals surface area contributed by atoms with E-state index in [1.807, 2.05) is 0 Å². The van der Waals surface area contributed by atoms with Crippen LogP contribution in [0.25, 0.3) is 0 Å². The Hall–Kier alpha value is -0.730. The van der Waals surface area contributed by atoms with Crippen LogP contribution in [0.2, 0.25) is 0 Å². The molecule has 1 aliphatic rings. The van der Waals surface area contributed by atoms with Gasteiger partial charge in [-0.15, -0.1) is 12.4 Å². The van der Waals surface area contributed by atoms with Crippen LogP contribution >= 0.6 is 12.4 Å². The molecule has 0 fully saturated rings. The first-order valence-corrected chi connectivity index (χ1v) is 6.22. The number of aryl methyl sites for hydroxylation is 1. The van der Waals surface area contributed by atoms with Crippen molar-refractivity contribution in [2.75, 3.05) is 13.7 Å². The van der Waals surface area contributed by atoms with Gasteiger partial charge in [-0.3, -0.25) is 0 Å². The summed E-state index contributed by atoms with van der Waals surface area (Å²) < 4.78 is 5.28. The largest absolute Gasteiger partial charge is 0.497 e. The molecule has 1 aromatic rings. The summed E-state index contributed by atoms with van der Waals surface area (Å²) in [6, 6.07) is 7.12. The van der Waals surface area contributed by atoms with E-state index in [2.05, 4.69) is 30.4 Å². The number of ether oxygens (including phenoxy) is 1. The summed E-state index contributed by atoms with van der Waals surface area (Å²) in [5.74, 6) is 0.981. The van der Waals surface area contributed by atoms with Crippen LogP contribution in [-0.4, -0.2) is 19.7 Å². The van der Waals surface area contributed by atoms with E-state index in [-0.39, 0.29) is 12.4 Å². The smallest absolute Gasteiger partial charge is 0.119 e. The highest BCUT2D eigenvalue weighted by Gasteiger charge is 2.18. The zero-order chi connectivity index (χ0) is 11.4. The quantitative estimate of drug-likeness (QED) is 0.893. The van der Waals surface area contributed by atoms with Gasteiger partial charge in [0.1, 0.15) is 5.75 Å². The van der Waals surface area contributed by atoms with Gasteiger partial charge < -0.3 is 10.1 Å². The van der Waals surface area contributed by atoms with Gasteiger partial charge in [0.2, 0.25) is 0 Å². The summed E-state index contributed by atoms with van der Waals surface area (Å²) >= 11 is 0. The van der Waals surface area contributed by atoms with E-state index in [9.17, 15) is 0 Å². The molecule has 0 unspecified atom stereocenters. The van der Waals surface area contributed by atoms with Crippen molar-refractivity contribution in [3.05, 3.63) is 29.3 Å². The minimum atomic E-state index is 0. The highest BCUT2D eigenvalue weighted by atomic mass is 35.5. The maximum atomic E-state index is 5.28. The molecule has 0 saturated carbocycles. The Morgan fingerprint density at radius 3 is 2.88 bits per heavy atom. The van der Waals surface area contributed by atoms with Gasteiger partial charge in [0.25, 0.3) is 0 Å². The topological polar surface area (TPSA) is 21.3 Å². The van der Waals surface area contributed by atoms with Crippen molar-refractivity contribution in [1.29, 1.82) is 0 Å². The first-order chi connectivity index (χ1) is 7.83. The Morgan fingerprint density at radius 2 is 2.18 bits per heavy atom. The molecule has 1 aromatic carbocycles. The normalized spacial score (nSPS) is 18.1. The molecule has 0 bridgehead atoms. The third kappa shape index (κ3) is 3.62. The first-order valence-electron chi connectivity index (χ1n) is 6.22. The third-order valence-electron chi connectivity index (χ3n) is 3.32. The van der Waals surface area contributed by atoms with Gasteiger partial charge in [-0.1, -0.05) is 13.0 Å². The highest BCUT2D eigenvalue weighted by Crippen LogP contribution is 2.25. The second-order valence-corrected chi connectivity index (χ2v) is 4.53. The summed E-state index contributed by atoms with van der Waals surface area (Å²) in [7, 11) is 1.73. The van der Waals surface area contributed by atoms with Crippen molar-refractivity contribution in [2.45, 2.75) is 38.6 Å². The number of hydrogen-bond acceptors (Lipinski definition) is 2. The lowest BCUT2D eigenvalue weighted by molar-refractivity contribution is 0.411. The molecule has 0 amide bonds. The maximum absolute atomic E-state index is 5.28. The third-order valence-corrected chi connectivity index (χ3v) is 3.32. The molecule has 2 rings (SSSR count). The molecule has 0 saturated heterocycles. The molecule has 2 nitrogen and oxygen atoms in total. The van der Waals surface area contributed by atoms with Crippen LogP contribution in [0.4, 0.5) is 0 Å². The Morgan fingerprint density at radius 1 is 1.35 bits per heavy atom. The van der Waals surface area contributed by atoms with E-state index in [4.69, 9.17) is 4.74 Å². The fourth-order valence-electron chi connectivity index (χ4n) is 2.38. The van der Waals surface area contributed by atoms with Gasteiger partial charge in [-0.2, -0.15) is 0 Å². The minimum absolute atomic E-state index is 0. The van der Waals surface area contributed by atoms with Gasteiger partial charge in [-0.25, -0.2) is 0 Å². The fourth-order valence-corrected chi connectivity index (χ4v) is 2.38. The molecule has 1 atom stereocenters. The number of rotatable bonds is 4. The average molecular weight is 256 g/mol. The SMILES string of the molecule is CCCN[C@H]1CCc2ccc(OC)cc2C1.Cl. The molecular weight excluding hydrogens is 234 g/mol. The molecule has 3 heteroatoms. The van der Waals surface area contributed by atoms with E-state index in [1.165, 1.54) is 30.4 Å². The monoisotopic (exact) mass is 255 g/mol. The van der Waals surface area contributed by atoms with Gasteiger partial charge >= 0.3 is 0 Å². The maximum Gasteiger partial charge on any atom is 0.119 e. The predicted octanol–water partition coefficient (Wildman–Crippen LogP) is 2.97. The van der Waals surface area contributed by atoms with Crippen molar-refractivity contribution in [2.24, 2.45) is 0 Å². The Balaban J connectivity index is 0.00000144. The molecular formula is C14H22ClNO. The van der Waals surface area contributed by atoms with Crippen LogP contribution in [0, 0.1) is 0 Å². The molecule has 0 aliphatic heterocycles. The lowest BCUT2D eigenvalue weighted by Crippen LogP contribution is -2.34. The standard InChI is InChI=1S/C14H21NO.ClH/c1-3-8-15-13-6-4-11-5-7-14(16-2)10-12(11)9-13;/h5,7,10,13,15H,3-4,6,8-9H2,1-2H3;1H/t13-;/m0./s1. The summed E-state index contributed by atoms with van der Waals surface area (Å²) in [6.07, 6.45) is 4.81. The minimum Gasteiger partial charge on any atom is -0.497 e. The summed E-state index contributed by atoms with van der Waals surface area (Å²) in [4.78, 5) is 0. The lowest BCUT2D eigenvalue weighted by Gasteiger charge is -2.25. The first kappa shape index (κ1) is 14.3. The van der Waals surface area contributed by atoms with E-state index in [0.717, 1.165) is 18.7 Å². The second kappa shape index (κ2) is 6.87. The zero-order valence-corrected chi connectivity index (χ0v) is 11.5. The molecule has 1 aliphatic carbocycles. The molecule has 1 N–H and O–H groups in total. The highest BCUT2D eigenvalue weighted by molar-refractivity contribution is 5.85. The van der Waals surface area contributed by atoms with Crippen molar-refractivity contribution in [3.8, 4) is 5.75 Å². The predicted molar refractivity (Wildman–Crippen MR) is 74.3 cm³/mol. The number of fused-ring (bicyclic) bond motifs is 1. The summed E-state index contributed by atoms with van der Waals surface area (Å²) in [5.41, 5.74) is 2.95. The van der Waals surface area contributed by atoms with Crippen LogP contribution in [0.1, 0.15) is 30.9 Å². The number of halogens is 1. The Labute approximate surface area is 110 Å². The van der Waals surface area contributed by atoms with Crippen molar-refractivity contribution in [3.63, 3.8) is 0 Å². The number of benzene rings is 1. The summed E-state index contributed by atoms with van der Waals surface area (Å²) in [6.45, 7) is 3.34. The van der Waals surface area contributed by atoms with E-state index in [0.29, 0.717) is 6.04 Å². The molecule has 0 radical (unpaired) electrons. The van der Waals surface area contributed by atoms with E-state index >= 15 is 0 Å². The van der Waals surface area contributed by atoms with E-state index in [1.54, 1.807) is 7.11 Å². The molecule has 0 aromatic heterocycles. The Bertz CT molecular complexity index is 354. The average Bonchev–Trinajstić information content (AvgIpc) is 2.35. The van der Waals surface area contributed by atoms with Crippen LogP contribution in [-0.2, 0) is 12.8 Å². The van der Waals surface area contributed by atoms with Gasteiger partial charge in [0.05, 0.1) is 7.11 Å². The fraction of sp³-hybridized carbons (Fsp3) is 0.571. The van der Waals surface area contributed by atoms with Crippen LogP contribution in [0.3, 0.4) is 0 Å². The number of hydrogen-bond donors (Lipinski definition) is 1. The number of nitrogens with one attached hydrogen (secondary N) is 1. The van der Waals surface area contributed by atoms with E-state index < -0.39 is 0 Å². The van der Waals surface area contributed by atoms with Gasteiger partial charge in [0.15, 0.2) is 0 Å². The zero-order valence-electron chi connectivity index (χ0n) is 10.7. The Kier molecular flexibility index (Phi) is 5.79. The molecule has 96 valence electrons. The van der Waals surface area contributed by atoms with Crippen LogP contribution < -0.4 is 10.1 Å². The number of methoxy groups -OCH3 is 1. The molecule has 0 spiro atoms. The molecule has 0 heterocycles. The van der Waals surface area contributed by atoms with Gasteiger partial charge in [-0.05, 0) is 55.5 Å². The van der Waals surface area contributed by atoms with Gasteiger partial charge in [0, 0.05) is 6.04 Å². The lowest BCUT2D eigenvalue weighted by atomic mass is 9.88. The van der Waals surface area contributed by atoms with Crippen LogP contribution in [0.5, 0.6) is 5.75 Å². The van der Waals surface area contributed by atoms with Crippen molar-refractivity contribution < 1.29 is 4.74 Å². The van der Waals surface area contributed by atoms with Crippen molar-refractivity contribution in [1.82, 2.24) is 5.32 Å². The van der Waals surface area contributed by atoms with Crippen molar-refractivity contribution >= 4 is 12.4 Å². The summed E-state index contributed by atoms with van der Waals surface area (Å²) in [5, 5.41) is 3.61. The second-order valence-electron chi connectivity index (χ2n) is 4.53. The van der Waals surface area contributed by atoms with Crippen LogP contribution in [0.15, 0.2) is 18.2 Å².